The number of halogens is 2. The van der Waals surface area contributed by atoms with Gasteiger partial charge in [-0.1, -0.05) is 40.2 Å². The van der Waals surface area contributed by atoms with Crippen molar-refractivity contribution in [1.29, 1.82) is 0 Å². The van der Waals surface area contributed by atoms with Gasteiger partial charge in [-0.2, -0.15) is 0 Å². The molecule has 4 rings (SSSR count). The minimum absolute atomic E-state index is 0.139. The van der Waals surface area contributed by atoms with Gasteiger partial charge in [0.25, 0.3) is 5.91 Å². The van der Waals surface area contributed by atoms with Crippen LogP contribution in [0.1, 0.15) is 42.9 Å². The lowest BCUT2D eigenvalue weighted by Gasteiger charge is -2.18. The van der Waals surface area contributed by atoms with Crippen molar-refractivity contribution >= 4 is 72.6 Å². The molecule has 1 heterocycles. The number of anilines is 1. The third kappa shape index (κ3) is 9.01. The molecule has 45 heavy (non-hydrogen) atoms. The number of hydrogen-bond donors (Lipinski definition) is 2. The largest absolute Gasteiger partial charge is 0.497 e. The van der Waals surface area contributed by atoms with E-state index in [9.17, 15) is 19.2 Å². The summed E-state index contributed by atoms with van der Waals surface area (Å²) in [4.78, 5) is 56.0. The number of ether oxygens (including phenoxy) is 2. The molecule has 0 unspecified atom stereocenters. The molecule has 3 aromatic carbocycles. The zero-order valence-electron chi connectivity index (χ0n) is 25.2. The Morgan fingerprint density at radius 3 is 2.42 bits per heavy atom. The Hall–Kier alpha value is -4.03. The number of unbranched alkanes of at least 4 members (excludes halogenated alkanes) is 1. The van der Waals surface area contributed by atoms with Crippen LogP contribution >= 0.6 is 31.9 Å². The number of carbonyl (C=O) groups excluding carboxylic acids is 4. The first-order valence-corrected chi connectivity index (χ1v) is 15.9. The van der Waals surface area contributed by atoms with Gasteiger partial charge in [-0.15, -0.1) is 0 Å². The number of aliphatic imine (C=N–C) groups is 1. The molecule has 1 aliphatic heterocycles. The van der Waals surface area contributed by atoms with Crippen molar-refractivity contribution in [2.75, 3.05) is 25.7 Å². The van der Waals surface area contributed by atoms with Gasteiger partial charge in [-0.25, -0.2) is 9.79 Å². The molecule has 12 heteroatoms. The molecule has 0 aliphatic carbocycles. The third-order valence-electron chi connectivity index (χ3n) is 7.12. The summed E-state index contributed by atoms with van der Waals surface area (Å²) >= 11 is 7.17. The number of methoxy groups -OCH3 is 2. The number of fused-ring (bicyclic) bond motifs is 1. The van der Waals surface area contributed by atoms with Gasteiger partial charge < -0.3 is 25.0 Å². The summed E-state index contributed by atoms with van der Waals surface area (Å²) in [7, 11) is 2.89. The maximum atomic E-state index is 13.8. The summed E-state index contributed by atoms with van der Waals surface area (Å²) in [5, 5.41) is 5.47. The van der Waals surface area contributed by atoms with Crippen molar-refractivity contribution in [2.45, 2.75) is 45.2 Å². The second-order valence-corrected chi connectivity index (χ2v) is 12.2. The highest BCUT2D eigenvalue weighted by molar-refractivity contribution is 9.11. The van der Waals surface area contributed by atoms with E-state index in [0.717, 1.165) is 31.5 Å². The van der Waals surface area contributed by atoms with Gasteiger partial charge in [0.2, 0.25) is 11.8 Å². The van der Waals surface area contributed by atoms with Gasteiger partial charge in [0.1, 0.15) is 17.5 Å². The molecule has 0 bridgehead atoms. The maximum Gasteiger partial charge on any atom is 0.328 e. The lowest BCUT2D eigenvalue weighted by atomic mass is 10.1. The minimum Gasteiger partial charge on any atom is -0.497 e. The lowest BCUT2D eigenvalue weighted by Crippen LogP contribution is -2.40. The van der Waals surface area contributed by atoms with Gasteiger partial charge in [0.05, 0.1) is 38.6 Å². The highest BCUT2D eigenvalue weighted by Gasteiger charge is 2.36. The van der Waals surface area contributed by atoms with Gasteiger partial charge in [0, 0.05) is 28.0 Å². The molecule has 2 N–H and O–H groups in total. The monoisotopic (exact) mass is 740 g/mol. The third-order valence-corrected chi connectivity index (χ3v) is 8.18. The zero-order chi connectivity index (χ0) is 32.5. The number of nitrogens with zero attached hydrogens (tertiary/aromatic N) is 2. The van der Waals surface area contributed by atoms with Crippen LogP contribution in [0.5, 0.6) is 5.75 Å². The number of nitrogens with one attached hydrogen (secondary N) is 2. The molecule has 0 spiro atoms. The van der Waals surface area contributed by atoms with Crippen LogP contribution in [-0.2, 0) is 36.9 Å². The molecule has 0 fully saturated rings. The van der Waals surface area contributed by atoms with Gasteiger partial charge in [0.15, 0.2) is 0 Å². The van der Waals surface area contributed by atoms with Crippen molar-refractivity contribution in [3.63, 3.8) is 0 Å². The molecule has 1 aliphatic rings. The van der Waals surface area contributed by atoms with E-state index in [2.05, 4.69) is 42.5 Å². The molecule has 3 aromatic rings. The number of esters is 1. The van der Waals surface area contributed by atoms with Crippen LogP contribution in [0.2, 0.25) is 0 Å². The summed E-state index contributed by atoms with van der Waals surface area (Å²) in [6, 6.07) is 17.9. The number of amides is 3. The lowest BCUT2D eigenvalue weighted by molar-refractivity contribution is -0.145. The van der Waals surface area contributed by atoms with E-state index >= 15 is 0 Å². The molecular weight excluding hydrogens is 708 g/mol. The van der Waals surface area contributed by atoms with E-state index in [1.807, 2.05) is 48.5 Å². The fourth-order valence-corrected chi connectivity index (χ4v) is 6.43. The standard InChI is InChI=1S/C33H34Br2N4O6/c1-20(40)37-28(33(43)45-3)9-4-5-14-36-29(41)16-22-7-6-8-24(15-22)38-30-26-17-23(34)18-27(35)31(26)39(32(30)42)19-21-10-12-25(44-2)13-11-21/h6-8,10-13,15,17-18,28H,4-5,9,14,16,19H2,1-3H3,(H,36,41)(H,37,40)/t28-/m0/s1. The fourth-order valence-electron chi connectivity index (χ4n) is 4.99. The van der Waals surface area contributed by atoms with E-state index in [1.165, 1.54) is 14.0 Å². The Kier molecular flexibility index (Phi) is 11.9. The Labute approximate surface area is 278 Å². The Balaban J connectivity index is 1.42. The summed E-state index contributed by atoms with van der Waals surface area (Å²) < 4.78 is 11.6. The molecule has 0 aromatic heterocycles. The summed E-state index contributed by atoms with van der Waals surface area (Å²) in [6.45, 7) is 2.12. The smallest absolute Gasteiger partial charge is 0.328 e. The van der Waals surface area contributed by atoms with E-state index in [4.69, 9.17) is 14.5 Å². The molecule has 3 amide bonds. The Bertz CT molecular complexity index is 1610. The Morgan fingerprint density at radius 2 is 1.73 bits per heavy atom. The van der Waals surface area contributed by atoms with Gasteiger partial charge in [-0.3, -0.25) is 14.4 Å². The first-order chi connectivity index (χ1) is 21.6. The average molecular weight is 742 g/mol. The van der Waals surface area contributed by atoms with E-state index in [-0.39, 0.29) is 24.1 Å². The van der Waals surface area contributed by atoms with Crippen LogP contribution < -0.4 is 20.3 Å². The maximum absolute atomic E-state index is 13.8. The van der Waals surface area contributed by atoms with Crippen LogP contribution in [0, 0.1) is 0 Å². The second-order valence-electron chi connectivity index (χ2n) is 10.5. The number of hydrogen-bond acceptors (Lipinski definition) is 7. The highest BCUT2D eigenvalue weighted by Crippen LogP contribution is 2.40. The van der Waals surface area contributed by atoms with Crippen molar-refractivity contribution in [1.82, 2.24) is 10.6 Å². The first kappa shape index (κ1) is 33.9. The number of rotatable bonds is 13. The SMILES string of the molecule is COC(=O)[C@H](CCCCNC(=O)Cc1cccc(N=C2C(=O)N(Cc3ccc(OC)cc3)c3c(Br)cc(Br)cc32)c1)NC(C)=O. The molecular formula is C33H34Br2N4O6. The van der Waals surface area contributed by atoms with Crippen LogP contribution in [0.15, 0.2) is 74.6 Å². The number of carbonyl (C=O) groups is 4. The quantitative estimate of drug-likeness (QED) is 0.179. The van der Waals surface area contributed by atoms with Crippen molar-refractivity contribution in [2.24, 2.45) is 4.99 Å². The average Bonchev–Trinajstić information content (AvgIpc) is 3.26. The zero-order valence-corrected chi connectivity index (χ0v) is 28.4. The molecule has 1 atom stereocenters. The number of benzene rings is 3. The summed E-state index contributed by atoms with van der Waals surface area (Å²) in [5.74, 6) is -0.451. The predicted octanol–water partition coefficient (Wildman–Crippen LogP) is 5.39. The van der Waals surface area contributed by atoms with Gasteiger partial charge >= 0.3 is 5.97 Å². The molecule has 236 valence electrons. The molecule has 0 saturated carbocycles. The Morgan fingerprint density at radius 1 is 0.978 bits per heavy atom. The molecule has 0 saturated heterocycles. The van der Waals surface area contributed by atoms with E-state index in [1.54, 1.807) is 24.1 Å². The minimum atomic E-state index is -0.706. The van der Waals surface area contributed by atoms with Crippen LogP contribution in [0.3, 0.4) is 0 Å². The second kappa shape index (κ2) is 15.8. The van der Waals surface area contributed by atoms with E-state index in [0.29, 0.717) is 49.3 Å². The van der Waals surface area contributed by atoms with Crippen LogP contribution in [0.4, 0.5) is 11.4 Å². The normalized spacial score (nSPS) is 13.8. The van der Waals surface area contributed by atoms with Crippen LogP contribution in [0.25, 0.3) is 0 Å². The molecule has 0 radical (unpaired) electrons. The topological polar surface area (TPSA) is 126 Å². The van der Waals surface area contributed by atoms with Crippen LogP contribution in [-0.4, -0.2) is 56.2 Å². The van der Waals surface area contributed by atoms with E-state index < -0.39 is 12.0 Å². The highest BCUT2D eigenvalue weighted by atomic mass is 79.9. The first-order valence-electron chi connectivity index (χ1n) is 14.3. The predicted molar refractivity (Wildman–Crippen MR) is 179 cm³/mol. The summed E-state index contributed by atoms with van der Waals surface area (Å²) in [6.07, 6.45) is 1.80. The van der Waals surface area contributed by atoms with Crippen molar-refractivity contribution in [3.05, 3.63) is 86.3 Å². The van der Waals surface area contributed by atoms with Crippen molar-refractivity contribution < 1.29 is 28.7 Å². The van der Waals surface area contributed by atoms with Gasteiger partial charge in [-0.05, 0) is 82.7 Å². The fraction of sp³-hybridized carbons (Fsp3) is 0.303. The molecule has 10 nitrogen and oxygen atoms in total. The van der Waals surface area contributed by atoms with Crippen molar-refractivity contribution in [3.8, 4) is 5.75 Å². The summed E-state index contributed by atoms with van der Waals surface area (Å²) in [5.41, 5.74) is 4.00.